The summed E-state index contributed by atoms with van der Waals surface area (Å²) in [7, 11) is 0. The van der Waals surface area contributed by atoms with Crippen LogP contribution in [0.4, 0.5) is 0 Å². The lowest BCUT2D eigenvalue weighted by Crippen LogP contribution is -2.84. The van der Waals surface area contributed by atoms with Crippen LogP contribution in [0.5, 0.6) is 0 Å². The van der Waals surface area contributed by atoms with E-state index in [0.29, 0.717) is 0 Å². The van der Waals surface area contributed by atoms with Crippen LogP contribution in [0.25, 0.3) is 0 Å². The van der Waals surface area contributed by atoms with E-state index in [-0.39, 0.29) is 0 Å². The van der Waals surface area contributed by atoms with Crippen molar-refractivity contribution in [3.63, 3.8) is 0 Å². The predicted octanol–water partition coefficient (Wildman–Crippen LogP) is 0.395. The van der Waals surface area contributed by atoms with Crippen molar-refractivity contribution < 1.29 is 5.32 Å². The monoisotopic (exact) mass is 214 g/mol. The molecule has 44 valence electrons. The molecule has 2 heteroatoms. The predicted molar refractivity (Wildman–Crippen MR) is 40.8 cm³/mol. The van der Waals surface area contributed by atoms with Gasteiger partial charge in [-0.25, -0.2) is 0 Å². The van der Waals surface area contributed by atoms with Crippen molar-refractivity contribution in [3.8, 4) is 0 Å². The molecule has 0 fully saturated rings. The van der Waals surface area contributed by atoms with Gasteiger partial charge in [0.05, 0.1) is 13.1 Å². The largest absolute Gasteiger partial charge is 0.346 e. The number of hydrogen-bond donors (Lipinski definition) is 1. The van der Waals surface area contributed by atoms with Crippen molar-refractivity contribution in [3.05, 3.63) is 0 Å². The summed E-state index contributed by atoms with van der Waals surface area (Å²) < 4.78 is 1.28. The van der Waals surface area contributed by atoms with Crippen LogP contribution < -0.4 is 5.32 Å². The Morgan fingerprint density at radius 3 is 2.57 bits per heavy atom. The average Bonchev–Trinajstić information content (AvgIpc) is 1.69. The summed E-state index contributed by atoms with van der Waals surface area (Å²) in [6.07, 6.45) is 1.30. The molecule has 0 bridgehead atoms. The number of halogens is 1. The van der Waals surface area contributed by atoms with Crippen molar-refractivity contribution in [2.45, 2.75) is 13.3 Å². The molecular weight excluding hydrogens is 201 g/mol. The Labute approximate surface area is 59.0 Å². The van der Waals surface area contributed by atoms with Crippen LogP contribution in [-0.4, -0.2) is 17.5 Å². The second-order valence-corrected chi connectivity index (χ2v) is 2.63. The van der Waals surface area contributed by atoms with Crippen LogP contribution in [0.1, 0.15) is 13.3 Å². The molecule has 0 aromatic carbocycles. The molecule has 0 atom stereocenters. The third kappa shape index (κ3) is 6.69. The summed E-state index contributed by atoms with van der Waals surface area (Å²) >= 11 is 2.40. The minimum absolute atomic E-state index is 1.28. The first-order valence-electron chi connectivity index (χ1n) is 2.79. The zero-order chi connectivity index (χ0) is 5.54. The summed E-state index contributed by atoms with van der Waals surface area (Å²) in [4.78, 5) is 0. The maximum absolute atomic E-state index is 2.40. The van der Waals surface area contributed by atoms with Crippen LogP contribution in [0, 0.1) is 0 Å². The van der Waals surface area contributed by atoms with Crippen LogP contribution in [-0.2, 0) is 0 Å². The van der Waals surface area contributed by atoms with Crippen molar-refractivity contribution >= 4 is 22.6 Å². The van der Waals surface area contributed by atoms with Gasteiger partial charge in [0.15, 0.2) is 0 Å². The summed E-state index contributed by atoms with van der Waals surface area (Å²) in [6.45, 7) is 4.79. The van der Waals surface area contributed by atoms with Gasteiger partial charge in [-0.1, -0.05) is 29.5 Å². The van der Waals surface area contributed by atoms with Gasteiger partial charge in [0.2, 0.25) is 0 Å². The minimum atomic E-state index is 1.28. The SMILES string of the molecule is CCC[NH2+]CCI. The van der Waals surface area contributed by atoms with Crippen LogP contribution in [0.15, 0.2) is 0 Å². The summed E-state index contributed by atoms with van der Waals surface area (Å²) in [5.41, 5.74) is 0. The van der Waals surface area contributed by atoms with Gasteiger partial charge in [-0.05, 0) is 6.42 Å². The maximum Gasteiger partial charge on any atom is 0.0846 e. The van der Waals surface area contributed by atoms with E-state index in [4.69, 9.17) is 0 Å². The molecule has 0 aromatic heterocycles. The Balaban J connectivity index is 2.45. The van der Waals surface area contributed by atoms with E-state index in [1.54, 1.807) is 0 Å². The topological polar surface area (TPSA) is 16.6 Å². The van der Waals surface area contributed by atoms with Gasteiger partial charge in [-0.2, -0.15) is 0 Å². The molecule has 0 aliphatic carbocycles. The van der Waals surface area contributed by atoms with E-state index < -0.39 is 0 Å². The van der Waals surface area contributed by atoms with Gasteiger partial charge in [0.25, 0.3) is 0 Å². The van der Waals surface area contributed by atoms with E-state index in [0.717, 1.165) is 0 Å². The minimum Gasteiger partial charge on any atom is -0.346 e. The average molecular weight is 214 g/mol. The first-order valence-corrected chi connectivity index (χ1v) is 4.32. The maximum atomic E-state index is 2.40. The second-order valence-electron chi connectivity index (χ2n) is 1.56. The molecule has 1 nitrogen and oxygen atoms in total. The second kappa shape index (κ2) is 6.69. The van der Waals surface area contributed by atoms with E-state index in [9.17, 15) is 0 Å². The van der Waals surface area contributed by atoms with Crippen LogP contribution >= 0.6 is 22.6 Å². The molecule has 0 saturated heterocycles. The smallest absolute Gasteiger partial charge is 0.0846 e. The molecule has 0 rings (SSSR count). The number of quaternary nitrogens is 1. The molecule has 0 aliphatic rings. The fourth-order valence-electron chi connectivity index (χ4n) is 0.426. The molecule has 0 saturated carbocycles. The number of hydrogen-bond acceptors (Lipinski definition) is 0. The van der Waals surface area contributed by atoms with Crippen molar-refractivity contribution in [2.24, 2.45) is 0 Å². The highest BCUT2D eigenvalue weighted by Gasteiger charge is 1.81. The summed E-state index contributed by atoms with van der Waals surface area (Å²) in [5.74, 6) is 0. The molecule has 0 aromatic rings. The van der Waals surface area contributed by atoms with Gasteiger partial charge >= 0.3 is 0 Å². The summed E-state index contributed by atoms with van der Waals surface area (Å²) in [5, 5.41) is 2.35. The molecule has 0 unspecified atom stereocenters. The van der Waals surface area contributed by atoms with E-state index in [1.165, 1.54) is 23.9 Å². The quantitative estimate of drug-likeness (QED) is 0.396. The summed E-state index contributed by atoms with van der Waals surface area (Å²) in [6, 6.07) is 0. The lowest BCUT2D eigenvalue weighted by Gasteiger charge is -1.91. The molecule has 0 spiro atoms. The molecule has 2 N–H and O–H groups in total. The lowest BCUT2D eigenvalue weighted by atomic mass is 10.5. The van der Waals surface area contributed by atoms with Gasteiger partial charge < -0.3 is 5.32 Å². The highest BCUT2D eigenvalue weighted by molar-refractivity contribution is 14.1. The number of alkyl halides is 1. The van der Waals surface area contributed by atoms with E-state index >= 15 is 0 Å². The van der Waals surface area contributed by atoms with E-state index in [1.807, 2.05) is 0 Å². The van der Waals surface area contributed by atoms with Gasteiger partial charge in [-0.3, -0.25) is 0 Å². The van der Waals surface area contributed by atoms with Crippen LogP contribution in [0.3, 0.4) is 0 Å². The van der Waals surface area contributed by atoms with Gasteiger partial charge in [-0.15, -0.1) is 0 Å². The Morgan fingerprint density at radius 1 is 1.43 bits per heavy atom. The van der Waals surface area contributed by atoms with Crippen molar-refractivity contribution in [1.29, 1.82) is 0 Å². The molecule has 7 heavy (non-hydrogen) atoms. The van der Waals surface area contributed by atoms with E-state index in [2.05, 4.69) is 34.8 Å². The highest BCUT2D eigenvalue weighted by Crippen LogP contribution is 1.70. The van der Waals surface area contributed by atoms with Crippen molar-refractivity contribution in [2.75, 3.05) is 17.5 Å². The Morgan fingerprint density at radius 2 is 2.14 bits per heavy atom. The molecular formula is C5H13IN+. The Bertz CT molecular complexity index is 27.3. The highest BCUT2D eigenvalue weighted by atomic mass is 127. The normalized spacial score (nSPS) is 9.43. The van der Waals surface area contributed by atoms with Crippen molar-refractivity contribution in [1.82, 2.24) is 0 Å². The zero-order valence-corrected chi connectivity index (χ0v) is 6.94. The third-order valence-corrected chi connectivity index (χ3v) is 1.43. The zero-order valence-electron chi connectivity index (χ0n) is 4.78. The molecule has 0 heterocycles. The first kappa shape index (κ1) is 7.69. The third-order valence-electron chi connectivity index (χ3n) is 0.806. The number of nitrogens with two attached hydrogens (primary N) is 1. The molecule has 0 radical (unpaired) electrons. The lowest BCUT2D eigenvalue weighted by molar-refractivity contribution is -0.650. The Hall–Kier alpha value is 0.690. The standard InChI is InChI=1S/C5H12IN/c1-2-4-7-5-3-6/h7H,2-5H2,1H3/p+1. The fraction of sp³-hybridized carbons (Fsp3) is 1.00. The number of rotatable bonds is 4. The molecule has 0 aliphatic heterocycles. The molecule has 0 amide bonds. The Kier molecular flexibility index (Phi) is 7.35. The van der Waals surface area contributed by atoms with Crippen LogP contribution in [0.2, 0.25) is 0 Å². The fourth-order valence-corrected chi connectivity index (χ4v) is 0.866. The first-order chi connectivity index (χ1) is 3.41. The van der Waals surface area contributed by atoms with Gasteiger partial charge in [0.1, 0.15) is 0 Å². The van der Waals surface area contributed by atoms with Gasteiger partial charge in [0, 0.05) is 4.43 Å².